The summed E-state index contributed by atoms with van der Waals surface area (Å²) >= 11 is 0. The van der Waals surface area contributed by atoms with Crippen LogP contribution < -0.4 is 21.1 Å². The Hall–Kier alpha value is -4.71. The average molecular weight is 550 g/mol. The SMILES string of the molecule is CC(=O)O.CC(=O)O.COc1ccc(CNc2ccc(-c3nn(C4CCNCC4)c4ncnc(N)c34)cc2)cc1. The van der Waals surface area contributed by atoms with E-state index in [-0.39, 0.29) is 0 Å². The molecule has 2 aromatic carbocycles. The molecular formula is C28H35N7O5. The number of hydrogen-bond donors (Lipinski definition) is 5. The number of piperidine rings is 1. The van der Waals surface area contributed by atoms with Gasteiger partial charge in [-0.1, -0.05) is 24.3 Å². The van der Waals surface area contributed by atoms with Crippen molar-refractivity contribution in [3.63, 3.8) is 0 Å². The van der Waals surface area contributed by atoms with Crippen LogP contribution in [0.2, 0.25) is 0 Å². The Kier molecular flexibility index (Phi) is 10.8. The first kappa shape index (κ1) is 29.8. The Morgan fingerprint density at radius 2 is 1.62 bits per heavy atom. The Morgan fingerprint density at radius 1 is 1.02 bits per heavy atom. The van der Waals surface area contributed by atoms with E-state index < -0.39 is 11.9 Å². The van der Waals surface area contributed by atoms with Gasteiger partial charge in [-0.3, -0.25) is 9.59 Å². The second-order valence-electron chi connectivity index (χ2n) is 9.05. The summed E-state index contributed by atoms with van der Waals surface area (Å²) in [5, 5.41) is 27.5. The number of benzene rings is 2. The predicted octanol–water partition coefficient (Wildman–Crippen LogP) is 3.80. The maximum absolute atomic E-state index is 9.00. The van der Waals surface area contributed by atoms with Crippen LogP contribution in [0.4, 0.5) is 11.5 Å². The van der Waals surface area contributed by atoms with Gasteiger partial charge in [0.15, 0.2) is 5.65 Å². The van der Waals surface area contributed by atoms with Gasteiger partial charge in [-0.25, -0.2) is 14.6 Å². The highest BCUT2D eigenvalue weighted by atomic mass is 16.5. The maximum atomic E-state index is 9.00. The third-order valence-corrected chi connectivity index (χ3v) is 5.99. The summed E-state index contributed by atoms with van der Waals surface area (Å²) in [4.78, 5) is 26.7. The molecule has 40 heavy (non-hydrogen) atoms. The average Bonchev–Trinajstić information content (AvgIpc) is 3.33. The van der Waals surface area contributed by atoms with Gasteiger partial charge in [-0.15, -0.1) is 0 Å². The third-order valence-electron chi connectivity index (χ3n) is 5.99. The van der Waals surface area contributed by atoms with Crippen LogP contribution in [0, 0.1) is 0 Å². The van der Waals surface area contributed by atoms with Crippen LogP contribution >= 0.6 is 0 Å². The van der Waals surface area contributed by atoms with Crippen LogP contribution in [0.1, 0.15) is 38.3 Å². The van der Waals surface area contributed by atoms with E-state index in [1.165, 1.54) is 11.9 Å². The minimum atomic E-state index is -0.833. The Bertz CT molecular complexity index is 1380. The number of carbonyl (C=O) groups is 2. The molecule has 0 saturated carbocycles. The summed E-state index contributed by atoms with van der Waals surface area (Å²) in [5.74, 6) is -0.343. The molecule has 12 heteroatoms. The molecule has 4 aromatic rings. The van der Waals surface area contributed by atoms with Gasteiger partial charge in [-0.2, -0.15) is 5.10 Å². The van der Waals surface area contributed by atoms with Gasteiger partial charge >= 0.3 is 0 Å². The first-order valence-corrected chi connectivity index (χ1v) is 12.7. The zero-order valence-corrected chi connectivity index (χ0v) is 22.8. The molecule has 1 saturated heterocycles. The lowest BCUT2D eigenvalue weighted by Crippen LogP contribution is -2.30. The van der Waals surface area contributed by atoms with Crippen molar-refractivity contribution < 1.29 is 24.5 Å². The lowest BCUT2D eigenvalue weighted by Gasteiger charge is -2.23. The fraction of sp³-hybridized carbons (Fsp3) is 0.321. The van der Waals surface area contributed by atoms with Gasteiger partial charge in [0, 0.05) is 31.6 Å². The van der Waals surface area contributed by atoms with E-state index in [0.29, 0.717) is 11.9 Å². The molecule has 1 fully saturated rings. The number of rotatable bonds is 6. The van der Waals surface area contributed by atoms with E-state index in [1.807, 2.05) is 16.8 Å². The molecule has 12 nitrogen and oxygen atoms in total. The van der Waals surface area contributed by atoms with Gasteiger partial charge in [0.2, 0.25) is 0 Å². The van der Waals surface area contributed by atoms with Crippen LogP contribution in [0.15, 0.2) is 54.9 Å². The fourth-order valence-corrected chi connectivity index (χ4v) is 4.20. The first-order chi connectivity index (χ1) is 19.2. The van der Waals surface area contributed by atoms with E-state index in [0.717, 1.165) is 80.1 Å². The van der Waals surface area contributed by atoms with Gasteiger partial charge in [0.1, 0.15) is 23.6 Å². The number of ether oxygens (including phenoxy) is 1. The highest BCUT2D eigenvalue weighted by Gasteiger charge is 2.23. The number of aromatic nitrogens is 4. The number of carboxylic acid groups (broad SMARTS) is 2. The quantitative estimate of drug-likeness (QED) is 0.236. The number of nitrogens with one attached hydrogen (secondary N) is 2. The molecule has 1 aliphatic heterocycles. The maximum Gasteiger partial charge on any atom is 0.300 e. The molecule has 1 aliphatic rings. The molecular weight excluding hydrogens is 514 g/mol. The number of methoxy groups -OCH3 is 1. The van der Waals surface area contributed by atoms with E-state index >= 15 is 0 Å². The molecule has 0 spiro atoms. The molecule has 0 amide bonds. The summed E-state index contributed by atoms with van der Waals surface area (Å²) in [6.45, 7) is 4.87. The largest absolute Gasteiger partial charge is 0.497 e. The van der Waals surface area contributed by atoms with Gasteiger partial charge in [0.05, 0.1) is 18.5 Å². The van der Waals surface area contributed by atoms with Crippen LogP contribution in [-0.4, -0.2) is 62.1 Å². The summed E-state index contributed by atoms with van der Waals surface area (Å²) < 4.78 is 7.26. The number of aliphatic carboxylic acids is 2. The van der Waals surface area contributed by atoms with Gasteiger partial charge in [0.25, 0.3) is 11.9 Å². The monoisotopic (exact) mass is 549 g/mol. The molecule has 3 heterocycles. The van der Waals surface area contributed by atoms with Crippen molar-refractivity contribution in [2.45, 2.75) is 39.3 Å². The smallest absolute Gasteiger partial charge is 0.300 e. The normalized spacial score (nSPS) is 12.9. The number of anilines is 2. The van der Waals surface area contributed by atoms with Crippen LogP contribution in [0.3, 0.4) is 0 Å². The molecule has 0 atom stereocenters. The number of nitrogens with two attached hydrogens (primary N) is 1. The Labute approximate surface area is 232 Å². The molecule has 0 bridgehead atoms. The molecule has 6 N–H and O–H groups in total. The fourth-order valence-electron chi connectivity index (χ4n) is 4.20. The summed E-state index contributed by atoms with van der Waals surface area (Å²) in [5.41, 5.74) is 11.1. The number of nitrogens with zero attached hydrogens (tertiary/aromatic N) is 4. The highest BCUT2D eigenvalue weighted by Crippen LogP contribution is 2.33. The zero-order valence-electron chi connectivity index (χ0n) is 22.8. The number of fused-ring (bicyclic) bond motifs is 1. The van der Waals surface area contributed by atoms with Crippen molar-refractivity contribution in [3.8, 4) is 17.0 Å². The van der Waals surface area contributed by atoms with Crippen molar-refractivity contribution in [1.82, 2.24) is 25.1 Å². The minimum Gasteiger partial charge on any atom is -0.497 e. The standard InChI is InChI=1S/C24H27N7O.2C2H4O2/c1-32-20-8-2-16(3-9-20)14-27-18-6-4-17(5-7-18)22-21-23(25)28-15-29-24(21)31(30-22)19-10-12-26-13-11-19;2*1-2(3)4/h2-9,15,19,26-27H,10-14H2,1H3,(H2,25,28,29);2*1H3,(H,3,4). The number of nitrogen functional groups attached to an aromatic ring is 1. The second-order valence-corrected chi connectivity index (χ2v) is 9.05. The van der Waals surface area contributed by atoms with Crippen LogP contribution in [0.5, 0.6) is 5.75 Å². The minimum absolute atomic E-state index is 0.312. The summed E-state index contributed by atoms with van der Waals surface area (Å²) in [6.07, 6.45) is 3.57. The van der Waals surface area contributed by atoms with E-state index in [1.54, 1.807) is 7.11 Å². The molecule has 2 aromatic heterocycles. The van der Waals surface area contributed by atoms with E-state index in [4.69, 9.17) is 35.4 Å². The predicted molar refractivity (Wildman–Crippen MR) is 153 cm³/mol. The third kappa shape index (κ3) is 8.40. The van der Waals surface area contributed by atoms with Crippen molar-refractivity contribution in [2.75, 3.05) is 31.2 Å². The van der Waals surface area contributed by atoms with Gasteiger partial charge < -0.3 is 31.3 Å². The summed E-state index contributed by atoms with van der Waals surface area (Å²) in [7, 11) is 1.67. The topological polar surface area (TPSA) is 178 Å². The van der Waals surface area contributed by atoms with Gasteiger partial charge in [-0.05, 0) is 55.8 Å². The van der Waals surface area contributed by atoms with Crippen molar-refractivity contribution in [2.24, 2.45) is 0 Å². The molecule has 0 unspecified atom stereocenters. The van der Waals surface area contributed by atoms with Crippen molar-refractivity contribution in [1.29, 1.82) is 0 Å². The van der Waals surface area contributed by atoms with Crippen molar-refractivity contribution in [3.05, 3.63) is 60.4 Å². The lowest BCUT2D eigenvalue weighted by molar-refractivity contribution is -0.135. The second kappa shape index (κ2) is 14.4. The van der Waals surface area contributed by atoms with E-state index in [9.17, 15) is 0 Å². The molecule has 5 rings (SSSR count). The summed E-state index contributed by atoms with van der Waals surface area (Å²) in [6, 6.07) is 16.6. The van der Waals surface area contributed by atoms with Crippen LogP contribution in [0.25, 0.3) is 22.3 Å². The molecule has 0 aliphatic carbocycles. The zero-order chi connectivity index (χ0) is 29.1. The first-order valence-electron chi connectivity index (χ1n) is 12.7. The number of carboxylic acids is 2. The van der Waals surface area contributed by atoms with Crippen molar-refractivity contribution >= 4 is 34.5 Å². The highest BCUT2D eigenvalue weighted by molar-refractivity contribution is 5.98. The van der Waals surface area contributed by atoms with Crippen LogP contribution in [-0.2, 0) is 16.1 Å². The molecule has 212 valence electrons. The number of hydrogen-bond acceptors (Lipinski definition) is 9. The Morgan fingerprint density at radius 3 is 2.20 bits per heavy atom. The van der Waals surface area contributed by atoms with E-state index in [2.05, 4.69) is 57.0 Å². The Balaban J connectivity index is 0.000000490. The molecule has 0 radical (unpaired) electrons. The lowest BCUT2D eigenvalue weighted by atomic mass is 10.1.